The standard InChI is InChI=1S/C13H11ClIN3O2/c1-7(2)11-10(15)12(14)17-13(16-11)8-3-5-9(6-4-8)18(19)20/h3-7H,1-2H3. The van der Waals surface area contributed by atoms with Crippen LogP contribution < -0.4 is 0 Å². The van der Waals surface area contributed by atoms with Gasteiger partial charge in [0.15, 0.2) is 5.82 Å². The van der Waals surface area contributed by atoms with Gasteiger partial charge >= 0.3 is 0 Å². The van der Waals surface area contributed by atoms with Gasteiger partial charge in [0, 0.05) is 17.7 Å². The molecule has 0 radical (unpaired) electrons. The lowest BCUT2D eigenvalue weighted by Crippen LogP contribution is -2.02. The van der Waals surface area contributed by atoms with Gasteiger partial charge in [-0.05, 0) is 40.6 Å². The van der Waals surface area contributed by atoms with Gasteiger partial charge in [-0.2, -0.15) is 0 Å². The fraction of sp³-hybridized carbons (Fsp3) is 0.231. The first-order valence-corrected chi connectivity index (χ1v) is 7.33. The van der Waals surface area contributed by atoms with E-state index in [4.69, 9.17) is 11.6 Å². The van der Waals surface area contributed by atoms with Crippen molar-refractivity contribution in [2.75, 3.05) is 0 Å². The number of aromatic nitrogens is 2. The first kappa shape index (κ1) is 15.1. The van der Waals surface area contributed by atoms with Crippen LogP contribution >= 0.6 is 34.2 Å². The van der Waals surface area contributed by atoms with E-state index in [9.17, 15) is 10.1 Å². The highest BCUT2D eigenvalue weighted by molar-refractivity contribution is 14.1. The highest BCUT2D eigenvalue weighted by Crippen LogP contribution is 2.28. The summed E-state index contributed by atoms with van der Waals surface area (Å²) >= 11 is 8.25. The molecule has 0 saturated carbocycles. The van der Waals surface area contributed by atoms with Crippen LogP contribution in [-0.2, 0) is 0 Å². The Hall–Kier alpha value is -1.28. The van der Waals surface area contributed by atoms with E-state index in [1.54, 1.807) is 12.1 Å². The van der Waals surface area contributed by atoms with Gasteiger partial charge in [0.2, 0.25) is 0 Å². The number of halogens is 2. The van der Waals surface area contributed by atoms with Gasteiger partial charge in [0.05, 0.1) is 14.2 Å². The molecule has 1 aromatic heterocycles. The molecule has 0 fully saturated rings. The zero-order chi connectivity index (χ0) is 14.9. The lowest BCUT2D eigenvalue weighted by Gasteiger charge is -2.10. The lowest BCUT2D eigenvalue weighted by atomic mass is 10.1. The summed E-state index contributed by atoms with van der Waals surface area (Å²) in [5.41, 5.74) is 1.61. The molecule has 0 saturated heterocycles. The molecule has 2 aromatic rings. The SMILES string of the molecule is CC(C)c1nc(-c2ccc([N+](=O)[O-])cc2)nc(Cl)c1I. The summed E-state index contributed by atoms with van der Waals surface area (Å²) in [5, 5.41) is 11.0. The Balaban J connectivity index is 2.50. The van der Waals surface area contributed by atoms with Crippen LogP contribution in [0.15, 0.2) is 24.3 Å². The second-order valence-electron chi connectivity index (χ2n) is 4.50. The van der Waals surface area contributed by atoms with Crippen molar-refractivity contribution in [1.82, 2.24) is 9.97 Å². The van der Waals surface area contributed by atoms with Crippen LogP contribution in [0.3, 0.4) is 0 Å². The van der Waals surface area contributed by atoms with E-state index in [0.717, 1.165) is 9.26 Å². The van der Waals surface area contributed by atoms with Crippen molar-refractivity contribution in [1.29, 1.82) is 0 Å². The second-order valence-corrected chi connectivity index (χ2v) is 5.93. The Kier molecular flexibility index (Phi) is 4.54. The molecule has 0 N–H and O–H groups in total. The number of nitrogens with zero attached hydrogens (tertiary/aromatic N) is 3. The summed E-state index contributed by atoms with van der Waals surface area (Å²) in [6.07, 6.45) is 0. The number of hydrogen-bond donors (Lipinski definition) is 0. The summed E-state index contributed by atoms with van der Waals surface area (Å²) in [7, 11) is 0. The molecule has 2 rings (SSSR count). The summed E-state index contributed by atoms with van der Waals surface area (Å²) in [6, 6.07) is 6.11. The fourth-order valence-electron chi connectivity index (χ4n) is 1.68. The minimum Gasteiger partial charge on any atom is -0.258 e. The fourth-order valence-corrected chi connectivity index (χ4v) is 2.72. The molecule has 104 valence electrons. The zero-order valence-electron chi connectivity index (χ0n) is 10.8. The molecule has 1 aromatic carbocycles. The Morgan fingerprint density at radius 2 is 1.85 bits per heavy atom. The molecule has 0 amide bonds. The van der Waals surface area contributed by atoms with Crippen LogP contribution in [0.4, 0.5) is 5.69 Å². The average Bonchev–Trinajstić information content (AvgIpc) is 2.41. The van der Waals surface area contributed by atoms with Crippen molar-refractivity contribution in [3.8, 4) is 11.4 Å². The maximum absolute atomic E-state index is 10.6. The highest BCUT2D eigenvalue weighted by atomic mass is 127. The van der Waals surface area contributed by atoms with Gasteiger partial charge in [-0.1, -0.05) is 25.4 Å². The minimum absolute atomic E-state index is 0.0365. The van der Waals surface area contributed by atoms with Crippen molar-refractivity contribution >= 4 is 39.9 Å². The van der Waals surface area contributed by atoms with Crippen LogP contribution in [0.25, 0.3) is 11.4 Å². The predicted octanol–water partition coefficient (Wildman–Crippen LogP) is 4.43. The summed E-state index contributed by atoms with van der Waals surface area (Å²) in [4.78, 5) is 18.9. The third kappa shape index (κ3) is 3.06. The predicted molar refractivity (Wildman–Crippen MR) is 85.9 cm³/mol. The van der Waals surface area contributed by atoms with Crippen molar-refractivity contribution in [3.63, 3.8) is 0 Å². The first-order chi connectivity index (χ1) is 9.40. The number of non-ortho nitro benzene ring substituents is 1. The Bertz CT molecular complexity index is 659. The Labute approximate surface area is 134 Å². The van der Waals surface area contributed by atoms with Gasteiger partial charge in [0.25, 0.3) is 5.69 Å². The zero-order valence-corrected chi connectivity index (χ0v) is 13.7. The van der Waals surface area contributed by atoms with Gasteiger partial charge in [0.1, 0.15) is 5.15 Å². The van der Waals surface area contributed by atoms with E-state index >= 15 is 0 Å². The maximum atomic E-state index is 10.6. The molecule has 0 bridgehead atoms. The van der Waals surface area contributed by atoms with Crippen molar-refractivity contribution < 1.29 is 4.92 Å². The van der Waals surface area contributed by atoms with E-state index in [0.29, 0.717) is 16.5 Å². The molecular formula is C13H11ClIN3O2. The number of nitro groups is 1. The Morgan fingerprint density at radius 3 is 2.35 bits per heavy atom. The van der Waals surface area contributed by atoms with E-state index in [1.807, 2.05) is 13.8 Å². The van der Waals surface area contributed by atoms with E-state index < -0.39 is 4.92 Å². The van der Waals surface area contributed by atoms with Gasteiger partial charge < -0.3 is 0 Å². The quantitative estimate of drug-likeness (QED) is 0.329. The summed E-state index contributed by atoms with van der Waals surface area (Å²) in [6.45, 7) is 4.06. The maximum Gasteiger partial charge on any atom is 0.269 e. The van der Waals surface area contributed by atoms with E-state index in [1.165, 1.54) is 12.1 Å². The van der Waals surface area contributed by atoms with Gasteiger partial charge in [-0.3, -0.25) is 10.1 Å². The van der Waals surface area contributed by atoms with Crippen molar-refractivity contribution in [2.24, 2.45) is 0 Å². The van der Waals surface area contributed by atoms with Crippen LogP contribution in [0.1, 0.15) is 25.5 Å². The topological polar surface area (TPSA) is 68.9 Å². The van der Waals surface area contributed by atoms with Crippen LogP contribution in [-0.4, -0.2) is 14.9 Å². The molecule has 0 spiro atoms. The van der Waals surface area contributed by atoms with Crippen LogP contribution in [0, 0.1) is 13.7 Å². The molecule has 0 aliphatic rings. The number of benzene rings is 1. The molecule has 0 aliphatic heterocycles. The summed E-state index contributed by atoms with van der Waals surface area (Å²) < 4.78 is 0.838. The van der Waals surface area contributed by atoms with Crippen molar-refractivity contribution in [3.05, 3.63) is 48.8 Å². The molecule has 1 heterocycles. The molecule has 0 unspecified atom stereocenters. The minimum atomic E-state index is -0.439. The van der Waals surface area contributed by atoms with Crippen LogP contribution in [0.2, 0.25) is 5.15 Å². The molecule has 20 heavy (non-hydrogen) atoms. The van der Waals surface area contributed by atoms with Crippen molar-refractivity contribution in [2.45, 2.75) is 19.8 Å². The van der Waals surface area contributed by atoms with E-state index in [2.05, 4.69) is 32.6 Å². The van der Waals surface area contributed by atoms with Gasteiger partial charge in [-0.25, -0.2) is 9.97 Å². The number of rotatable bonds is 3. The molecule has 5 nitrogen and oxygen atoms in total. The monoisotopic (exact) mass is 403 g/mol. The van der Waals surface area contributed by atoms with E-state index in [-0.39, 0.29) is 11.6 Å². The molecule has 7 heteroatoms. The number of hydrogen-bond acceptors (Lipinski definition) is 4. The molecule has 0 aliphatic carbocycles. The normalized spacial score (nSPS) is 10.8. The van der Waals surface area contributed by atoms with Gasteiger partial charge in [-0.15, -0.1) is 0 Å². The first-order valence-electron chi connectivity index (χ1n) is 5.88. The largest absolute Gasteiger partial charge is 0.269 e. The average molecular weight is 404 g/mol. The third-order valence-corrected chi connectivity index (χ3v) is 4.38. The van der Waals surface area contributed by atoms with Crippen LogP contribution in [0.5, 0.6) is 0 Å². The number of nitro benzene ring substituents is 1. The second kappa shape index (κ2) is 6.01. The third-order valence-electron chi connectivity index (χ3n) is 2.72. The molecular weight excluding hydrogens is 393 g/mol. The lowest BCUT2D eigenvalue weighted by molar-refractivity contribution is -0.384. The Morgan fingerprint density at radius 1 is 1.25 bits per heavy atom. The highest BCUT2D eigenvalue weighted by Gasteiger charge is 2.15. The molecule has 0 atom stereocenters. The summed E-state index contributed by atoms with van der Waals surface area (Å²) in [5.74, 6) is 0.702. The smallest absolute Gasteiger partial charge is 0.258 e.